The van der Waals surface area contributed by atoms with Crippen molar-refractivity contribution < 1.29 is 9.59 Å². The summed E-state index contributed by atoms with van der Waals surface area (Å²) >= 11 is 12.9. The van der Waals surface area contributed by atoms with Crippen molar-refractivity contribution in [2.24, 2.45) is 0 Å². The molecule has 0 aliphatic carbocycles. The number of pyridine rings is 1. The minimum absolute atomic E-state index is 0.237. The fourth-order valence-corrected chi connectivity index (χ4v) is 5.44. The van der Waals surface area contributed by atoms with Gasteiger partial charge in [-0.15, -0.1) is 5.10 Å². The van der Waals surface area contributed by atoms with E-state index >= 15 is 0 Å². The number of nitrogens with zero attached hydrogens (tertiary/aromatic N) is 5. The number of hydrogen-bond acceptors (Lipinski definition) is 7. The van der Waals surface area contributed by atoms with E-state index in [4.69, 9.17) is 28.2 Å². The van der Waals surface area contributed by atoms with E-state index in [0.29, 0.717) is 56.2 Å². The number of benzene rings is 3. The molecule has 3 N–H and O–H groups in total. The molecule has 3 heterocycles. The third-order valence-corrected chi connectivity index (χ3v) is 7.61. The summed E-state index contributed by atoms with van der Waals surface area (Å²) in [6.07, 6.45) is 4.90. The van der Waals surface area contributed by atoms with Crippen LogP contribution in [0, 0.1) is 0 Å². The van der Waals surface area contributed by atoms with Gasteiger partial charge >= 0.3 is 0 Å². The largest absolute Gasteiger partial charge is 0.342 e. The topological polar surface area (TPSA) is 151 Å². The molecule has 3 aromatic carbocycles. The predicted octanol–water partition coefficient (Wildman–Crippen LogP) is 5.52. The number of nitrogens with one attached hydrogen (secondary N) is 3. The van der Waals surface area contributed by atoms with E-state index in [0.717, 1.165) is 5.56 Å². The van der Waals surface area contributed by atoms with Crippen molar-refractivity contribution in [2.45, 2.75) is 19.4 Å². The highest BCUT2D eigenvalue weighted by molar-refractivity contribution is 6.32. The van der Waals surface area contributed by atoms with Crippen LogP contribution in [-0.2, 0) is 11.2 Å². The molecule has 0 unspecified atom stereocenters. The fourth-order valence-electron chi connectivity index (χ4n) is 5.01. The number of aromatic amines is 2. The first-order chi connectivity index (χ1) is 21.7. The zero-order valence-electron chi connectivity index (χ0n) is 23.7. The number of amides is 1. The highest BCUT2D eigenvalue weighted by Crippen LogP contribution is 2.31. The average molecular weight is 640 g/mol. The Kier molecular flexibility index (Phi) is 8.37. The van der Waals surface area contributed by atoms with Crippen molar-refractivity contribution in [3.8, 4) is 16.9 Å². The molecule has 3 aromatic heterocycles. The Hall–Kier alpha value is -5.39. The predicted molar refractivity (Wildman–Crippen MR) is 171 cm³/mol. The zero-order valence-corrected chi connectivity index (χ0v) is 25.2. The van der Waals surface area contributed by atoms with Crippen molar-refractivity contribution >= 4 is 51.9 Å². The summed E-state index contributed by atoms with van der Waals surface area (Å²) in [5, 5.41) is 15.6. The summed E-state index contributed by atoms with van der Waals surface area (Å²) in [7, 11) is 0. The first kappa shape index (κ1) is 29.7. The van der Waals surface area contributed by atoms with Crippen molar-refractivity contribution in [1.82, 2.24) is 40.5 Å². The van der Waals surface area contributed by atoms with Crippen LogP contribution in [-0.4, -0.2) is 46.8 Å². The lowest BCUT2D eigenvalue weighted by molar-refractivity contribution is -0.117. The number of fused-ring (bicyclic) bond motifs is 1. The molecule has 13 heteroatoms. The minimum atomic E-state index is -0.585. The number of rotatable bonds is 9. The normalized spacial score (nSPS) is 12.1. The first-order valence-electron chi connectivity index (χ1n) is 13.7. The molecule has 224 valence electrons. The van der Waals surface area contributed by atoms with Crippen molar-refractivity contribution in [2.75, 3.05) is 0 Å². The van der Waals surface area contributed by atoms with Gasteiger partial charge in [0.25, 0.3) is 0 Å². The third kappa shape index (κ3) is 6.59. The highest BCUT2D eigenvalue weighted by Gasteiger charge is 2.22. The van der Waals surface area contributed by atoms with Gasteiger partial charge in [-0.25, -0.2) is 4.98 Å². The lowest BCUT2D eigenvalue weighted by Crippen LogP contribution is -2.29. The van der Waals surface area contributed by atoms with Crippen LogP contribution >= 0.6 is 23.2 Å². The number of tetrazole rings is 1. The summed E-state index contributed by atoms with van der Waals surface area (Å²) in [6.45, 7) is 1.41. The quantitative estimate of drug-likeness (QED) is 0.139. The molecular weight excluding hydrogens is 615 g/mol. The molecule has 0 saturated carbocycles. The molecule has 11 nitrogen and oxygen atoms in total. The molecule has 0 aliphatic rings. The maximum Gasteiger partial charge on any atom is 0.249 e. The highest BCUT2D eigenvalue weighted by atomic mass is 35.5. The van der Waals surface area contributed by atoms with E-state index in [-0.39, 0.29) is 22.4 Å². The lowest BCUT2D eigenvalue weighted by atomic mass is 10.0. The van der Waals surface area contributed by atoms with Gasteiger partial charge in [-0.1, -0.05) is 59.6 Å². The average Bonchev–Trinajstić information content (AvgIpc) is 3.70. The van der Waals surface area contributed by atoms with Crippen molar-refractivity contribution in [3.63, 3.8) is 0 Å². The number of Topliss-reactive ketones (excluding diaryl/α,β-unsaturated/α-hetero) is 1. The Labute approximate surface area is 265 Å². The Morgan fingerprint density at radius 2 is 1.84 bits per heavy atom. The Morgan fingerprint density at radius 1 is 1.02 bits per heavy atom. The molecule has 0 aliphatic heterocycles. The fraction of sp³-hybridized carbons (Fsp3) is 0.0938. The number of carbonyl (C=O) groups excluding carboxylic acids is 2. The molecule has 0 bridgehead atoms. The number of ketones is 1. The van der Waals surface area contributed by atoms with Gasteiger partial charge in [0, 0.05) is 44.8 Å². The van der Waals surface area contributed by atoms with E-state index in [1.807, 2.05) is 30.3 Å². The number of halogens is 2. The van der Waals surface area contributed by atoms with Crippen LogP contribution < -0.4 is 10.9 Å². The maximum atomic E-state index is 13.3. The molecule has 1 amide bonds. The summed E-state index contributed by atoms with van der Waals surface area (Å²) in [4.78, 5) is 48.3. The molecule has 45 heavy (non-hydrogen) atoms. The Morgan fingerprint density at radius 3 is 2.60 bits per heavy atom. The van der Waals surface area contributed by atoms with Gasteiger partial charge in [0.1, 0.15) is 23.0 Å². The molecule has 0 spiro atoms. The number of imidazole rings is 1. The first-order valence-corrected chi connectivity index (χ1v) is 14.5. The smallest absolute Gasteiger partial charge is 0.249 e. The molecule has 0 fully saturated rings. The molecule has 6 rings (SSSR count). The van der Waals surface area contributed by atoms with E-state index in [2.05, 4.69) is 30.8 Å². The monoisotopic (exact) mass is 638 g/mol. The molecule has 0 radical (unpaired) electrons. The minimum Gasteiger partial charge on any atom is -0.342 e. The van der Waals surface area contributed by atoms with Gasteiger partial charge in [-0.2, -0.15) is 4.68 Å². The second-order valence-corrected chi connectivity index (χ2v) is 11.0. The van der Waals surface area contributed by atoms with Crippen LogP contribution in [0.5, 0.6) is 0 Å². The third-order valence-electron chi connectivity index (χ3n) is 7.10. The van der Waals surface area contributed by atoms with Crippen LogP contribution in [0.3, 0.4) is 0 Å². The zero-order chi connectivity index (χ0) is 31.5. The van der Waals surface area contributed by atoms with Crippen LogP contribution in [0.2, 0.25) is 10.2 Å². The van der Waals surface area contributed by atoms with Crippen LogP contribution in [0.4, 0.5) is 0 Å². The second-order valence-electron chi connectivity index (χ2n) is 10.2. The summed E-state index contributed by atoms with van der Waals surface area (Å²) in [5.41, 5.74) is 3.76. The van der Waals surface area contributed by atoms with Crippen molar-refractivity contribution in [1.29, 1.82) is 0 Å². The SMILES string of the molecule is CC(=O)c1cc(=O)[nH]c2ccc(-c3nc([C@H](Cc4ccccc4)NC(=O)/C=C/c4cc(Cl)ccc4-n4cnnn4)[nH]c3Cl)cc12. The van der Waals surface area contributed by atoms with Gasteiger partial charge in [-0.05, 0) is 65.7 Å². The number of aromatic nitrogens is 7. The van der Waals surface area contributed by atoms with Crippen molar-refractivity contribution in [3.05, 3.63) is 128 Å². The molecule has 0 saturated heterocycles. The van der Waals surface area contributed by atoms with E-state index in [1.54, 1.807) is 42.5 Å². The van der Waals surface area contributed by atoms with E-state index in [9.17, 15) is 14.4 Å². The maximum absolute atomic E-state index is 13.3. The van der Waals surface area contributed by atoms with E-state index in [1.165, 1.54) is 30.1 Å². The van der Waals surface area contributed by atoms with Gasteiger partial charge < -0.3 is 15.3 Å². The number of carbonyl (C=O) groups is 2. The van der Waals surface area contributed by atoms with E-state index < -0.39 is 6.04 Å². The molecule has 6 aromatic rings. The van der Waals surface area contributed by atoms with Gasteiger partial charge in [0.2, 0.25) is 11.5 Å². The van der Waals surface area contributed by atoms with Crippen LogP contribution in [0.25, 0.3) is 33.9 Å². The summed E-state index contributed by atoms with van der Waals surface area (Å²) in [5.74, 6) is -0.182. The lowest BCUT2D eigenvalue weighted by Gasteiger charge is -2.16. The Balaban J connectivity index is 1.32. The van der Waals surface area contributed by atoms with Crippen LogP contribution in [0.1, 0.15) is 40.3 Å². The van der Waals surface area contributed by atoms with Crippen LogP contribution in [0.15, 0.2) is 90.0 Å². The standard InChI is InChI=1S/C32H24Cl2N8O3/c1-18(43)23-16-29(45)36-25-10-7-21(15-24(23)25)30-31(34)39-32(38-30)26(13-19-5-3-2-4-6-19)37-28(44)12-8-20-14-22(33)9-11-27(20)42-17-35-40-41-42/h2-12,14-17,26H,13H2,1H3,(H,36,45)(H,37,44)(H,38,39)/b12-8+/t26-/m0/s1. The second kappa shape index (κ2) is 12.7. The molecule has 1 atom stereocenters. The Bertz CT molecular complexity index is 2120. The summed E-state index contributed by atoms with van der Waals surface area (Å²) in [6, 6.07) is 20.7. The van der Waals surface area contributed by atoms with Gasteiger partial charge in [0.05, 0.1) is 11.7 Å². The van der Waals surface area contributed by atoms with Gasteiger partial charge in [0.15, 0.2) is 5.78 Å². The number of hydrogen-bond donors (Lipinski definition) is 3. The number of H-pyrrole nitrogens is 2. The molecular formula is C32H24Cl2N8O3. The summed E-state index contributed by atoms with van der Waals surface area (Å²) < 4.78 is 1.47. The van der Waals surface area contributed by atoms with Gasteiger partial charge in [-0.3, -0.25) is 14.4 Å².